The van der Waals surface area contributed by atoms with Crippen molar-refractivity contribution in [2.45, 2.75) is 25.2 Å². The highest BCUT2D eigenvalue weighted by molar-refractivity contribution is 5.89. The van der Waals surface area contributed by atoms with Crippen molar-refractivity contribution < 1.29 is 31.4 Å². The topological polar surface area (TPSA) is 114 Å². The van der Waals surface area contributed by atoms with Gasteiger partial charge in [-0.25, -0.2) is 22.0 Å². The molecule has 0 spiro atoms. The second-order valence-electron chi connectivity index (χ2n) is 7.86. The molecule has 2 aliphatic heterocycles. The zero-order valence-electron chi connectivity index (χ0n) is 17.3. The molecule has 4 atom stereocenters. The normalized spacial score (nSPS) is 29.0. The molecule has 0 aliphatic carbocycles. The highest BCUT2D eigenvalue weighted by Crippen LogP contribution is 2.70. The zero-order valence-corrected chi connectivity index (χ0v) is 17.3. The molecule has 172 valence electrons. The van der Waals surface area contributed by atoms with Crippen molar-refractivity contribution in [2.24, 2.45) is 16.7 Å². The smallest absolute Gasteiger partial charge is 0.244 e. The molecular weight excluding hydrogens is 459 g/mol. The van der Waals surface area contributed by atoms with Gasteiger partial charge in [-0.2, -0.15) is 15.8 Å². The summed E-state index contributed by atoms with van der Waals surface area (Å²) in [6.07, 6.45) is -2.50. The first-order chi connectivity index (χ1) is 16.1. The van der Waals surface area contributed by atoms with Crippen molar-refractivity contribution in [3.63, 3.8) is 0 Å². The summed E-state index contributed by atoms with van der Waals surface area (Å²) in [5.74, 6) is -16.0. The van der Waals surface area contributed by atoms with Gasteiger partial charge in [0, 0.05) is 5.56 Å². The van der Waals surface area contributed by atoms with E-state index in [-0.39, 0.29) is 12.0 Å². The molecular formula is C23H13F5N4O2. The van der Waals surface area contributed by atoms with E-state index in [1.165, 1.54) is 36.4 Å². The molecule has 2 fully saturated rings. The molecule has 4 rings (SSSR count). The molecule has 0 radical (unpaired) electrons. The van der Waals surface area contributed by atoms with Crippen LogP contribution in [-0.2, 0) is 15.3 Å². The fourth-order valence-electron chi connectivity index (χ4n) is 5.01. The van der Waals surface area contributed by atoms with Crippen LogP contribution in [0.25, 0.3) is 0 Å². The van der Waals surface area contributed by atoms with Crippen LogP contribution in [0.2, 0.25) is 0 Å². The predicted octanol–water partition coefficient (Wildman–Crippen LogP) is 4.88. The van der Waals surface area contributed by atoms with Gasteiger partial charge in [0.15, 0.2) is 28.7 Å². The third-order valence-electron chi connectivity index (χ3n) is 6.52. The number of rotatable bonds is 3. The second kappa shape index (κ2) is 7.51. The summed E-state index contributed by atoms with van der Waals surface area (Å²) in [7, 11) is 0. The van der Waals surface area contributed by atoms with Crippen molar-refractivity contribution in [3.05, 3.63) is 70.5 Å². The summed E-state index contributed by atoms with van der Waals surface area (Å²) in [6, 6.07) is 12.3. The number of hydrogen-bond acceptors (Lipinski definition) is 6. The van der Waals surface area contributed by atoms with E-state index >= 15 is 0 Å². The van der Waals surface area contributed by atoms with Gasteiger partial charge < -0.3 is 9.47 Å². The van der Waals surface area contributed by atoms with E-state index in [9.17, 15) is 37.7 Å². The van der Waals surface area contributed by atoms with Crippen molar-refractivity contribution in [3.8, 4) is 18.2 Å². The van der Waals surface area contributed by atoms with Gasteiger partial charge in [-0.05, 0) is 6.42 Å². The predicted molar refractivity (Wildman–Crippen MR) is 102 cm³/mol. The molecule has 2 heterocycles. The Morgan fingerprint density at radius 1 is 0.882 bits per heavy atom. The Balaban J connectivity index is 2.16. The standard InChI is InChI=1S/C23H13F5N4O2/c1-2-12-22(10-31)20(32)34-23(12,11-6-4-3-5-7-11)33-19(21(22,8-29)9-30)13-14(24)16(26)18(28)17(27)15(13)25/h3-7,12,19,32H,2H2,1H3. The van der Waals surface area contributed by atoms with Gasteiger partial charge >= 0.3 is 0 Å². The van der Waals surface area contributed by atoms with E-state index in [4.69, 9.17) is 14.9 Å². The number of benzene rings is 2. The number of fused-ring (bicyclic) bond motifs is 2. The van der Waals surface area contributed by atoms with Crippen molar-refractivity contribution in [1.82, 2.24) is 0 Å². The minimum atomic E-state index is -2.91. The summed E-state index contributed by atoms with van der Waals surface area (Å²) in [5, 5.41) is 38.9. The van der Waals surface area contributed by atoms with E-state index in [0.717, 1.165) is 0 Å². The molecule has 4 unspecified atom stereocenters. The van der Waals surface area contributed by atoms with E-state index in [0.29, 0.717) is 0 Å². The number of nitrogens with zero attached hydrogens (tertiary/aromatic N) is 3. The van der Waals surface area contributed by atoms with E-state index in [2.05, 4.69) is 0 Å². The molecule has 11 heteroatoms. The minimum absolute atomic E-state index is 0.0141. The van der Waals surface area contributed by atoms with Crippen molar-refractivity contribution >= 4 is 5.90 Å². The van der Waals surface area contributed by atoms with Crippen molar-refractivity contribution in [2.75, 3.05) is 0 Å². The molecule has 0 saturated carbocycles. The van der Waals surface area contributed by atoms with E-state index in [1.807, 2.05) is 0 Å². The average molecular weight is 472 g/mol. The first kappa shape index (κ1) is 23.2. The number of halogens is 5. The van der Waals surface area contributed by atoms with Crippen molar-refractivity contribution in [1.29, 1.82) is 21.2 Å². The molecule has 2 aromatic carbocycles. The van der Waals surface area contributed by atoms with Gasteiger partial charge in [0.05, 0.1) is 29.7 Å². The Bertz CT molecular complexity index is 1300. The van der Waals surface area contributed by atoms with Crippen LogP contribution >= 0.6 is 0 Å². The maximum atomic E-state index is 14.9. The molecule has 2 aromatic rings. The lowest BCUT2D eigenvalue weighted by molar-refractivity contribution is -0.294. The van der Waals surface area contributed by atoms with Crippen LogP contribution in [0.4, 0.5) is 22.0 Å². The molecule has 2 saturated heterocycles. The number of nitrogens with one attached hydrogen (secondary N) is 1. The molecule has 2 bridgehead atoms. The molecule has 6 nitrogen and oxygen atoms in total. The highest BCUT2D eigenvalue weighted by Gasteiger charge is 2.81. The first-order valence-corrected chi connectivity index (χ1v) is 9.89. The fraction of sp³-hybridized carbons (Fsp3) is 0.304. The minimum Gasteiger partial charge on any atom is -0.443 e. The van der Waals surface area contributed by atoms with Gasteiger partial charge in [-0.1, -0.05) is 37.3 Å². The summed E-state index contributed by atoms with van der Waals surface area (Å²) in [6.45, 7) is 1.55. The number of nitriles is 3. The van der Waals surface area contributed by atoms with Crippen LogP contribution in [0, 0.1) is 85.2 Å². The monoisotopic (exact) mass is 472 g/mol. The van der Waals surface area contributed by atoms with E-state index in [1.54, 1.807) is 19.1 Å². The van der Waals surface area contributed by atoms with Gasteiger partial charge in [-0.3, -0.25) is 5.41 Å². The second-order valence-corrected chi connectivity index (χ2v) is 7.86. The largest absolute Gasteiger partial charge is 0.443 e. The zero-order chi connectivity index (χ0) is 25.1. The lowest BCUT2D eigenvalue weighted by Gasteiger charge is -2.49. The van der Waals surface area contributed by atoms with Gasteiger partial charge in [0.1, 0.15) is 6.10 Å². The highest BCUT2D eigenvalue weighted by atomic mass is 19.2. The molecule has 0 amide bonds. The van der Waals surface area contributed by atoms with Crippen LogP contribution in [0.3, 0.4) is 0 Å². The lowest BCUT2D eigenvalue weighted by Crippen LogP contribution is -2.58. The Morgan fingerprint density at radius 3 is 1.88 bits per heavy atom. The third kappa shape index (κ3) is 2.41. The molecule has 34 heavy (non-hydrogen) atoms. The Morgan fingerprint density at radius 2 is 1.41 bits per heavy atom. The van der Waals surface area contributed by atoms with Crippen LogP contribution in [-0.4, -0.2) is 5.90 Å². The summed E-state index contributed by atoms with van der Waals surface area (Å²) < 4.78 is 83.3. The molecule has 0 aromatic heterocycles. The van der Waals surface area contributed by atoms with Crippen LogP contribution in [0.15, 0.2) is 30.3 Å². The Labute approximate surface area is 189 Å². The molecule has 2 aliphatic rings. The summed E-state index contributed by atoms with van der Waals surface area (Å²) in [4.78, 5) is 0. The number of ether oxygens (including phenoxy) is 2. The molecule has 1 N–H and O–H groups in total. The lowest BCUT2D eigenvalue weighted by atomic mass is 9.52. The Kier molecular flexibility index (Phi) is 5.12. The maximum Gasteiger partial charge on any atom is 0.244 e. The summed E-state index contributed by atoms with van der Waals surface area (Å²) in [5.41, 5.74) is -6.83. The average Bonchev–Trinajstić information content (AvgIpc) is 3.06. The van der Waals surface area contributed by atoms with Crippen LogP contribution < -0.4 is 0 Å². The maximum absolute atomic E-state index is 14.9. The first-order valence-electron chi connectivity index (χ1n) is 9.89. The SMILES string of the molecule is CCC1C2(c3ccccc3)OC(=N)C1(C#N)C(C#N)(C#N)C(c1c(F)c(F)c(F)c(F)c1F)O2. The fourth-order valence-corrected chi connectivity index (χ4v) is 5.01. The van der Waals surface area contributed by atoms with Gasteiger partial charge in [-0.15, -0.1) is 0 Å². The van der Waals surface area contributed by atoms with Gasteiger partial charge in [0.25, 0.3) is 0 Å². The number of hydrogen-bond donors (Lipinski definition) is 1. The van der Waals surface area contributed by atoms with Gasteiger partial charge in [0.2, 0.25) is 22.9 Å². The Hall–Kier alpha value is -4.01. The quantitative estimate of drug-likeness (QED) is 0.388. The van der Waals surface area contributed by atoms with Crippen LogP contribution in [0.5, 0.6) is 0 Å². The van der Waals surface area contributed by atoms with E-state index < -0.39 is 69.2 Å². The van der Waals surface area contributed by atoms with Crippen LogP contribution in [0.1, 0.15) is 30.6 Å². The summed E-state index contributed by atoms with van der Waals surface area (Å²) >= 11 is 0. The third-order valence-corrected chi connectivity index (χ3v) is 6.52.